The molecule has 1 unspecified atom stereocenters. The first-order valence-electron chi connectivity index (χ1n) is 13.3. The van der Waals surface area contributed by atoms with Gasteiger partial charge in [0.2, 0.25) is 11.8 Å². The van der Waals surface area contributed by atoms with Crippen LogP contribution in [0, 0.1) is 5.82 Å². The number of fused-ring (bicyclic) bond motifs is 1. The molecule has 0 saturated carbocycles. The third-order valence-corrected chi connectivity index (χ3v) is 7.96. The Morgan fingerprint density at radius 2 is 1.82 bits per heavy atom. The molecule has 4 aliphatic rings. The molecular formula is C28H30FN5O5. The summed E-state index contributed by atoms with van der Waals surface area (Å²) < 4.78 is 20.4. The van der Waals surface area contributed by atoms with E-state index < -0.39 is 29.7 Å². The molecule has 2 aromatic carbocycles. The number of piperidine rings is 1. The predicted octanol–water partition coefficient (Wildman–Crippen LogP) is 1.36. The van der Waals surface area contributed by atoms with Crippen LogP contribution < -0.4 is 10.6 Å². The van der Waals surface area contributed by atoms with Crippen molar-refractivity contribution in [3.8, 4) is 0 Å². The number of carbonyl (C=O) groups is 4. The Balaban J connectivity index is 1.09. The molecule has 0 aromatic heterocycles. The molecule has 1 atom stereocenters. The van der Waals surface area contributed by atoms with Gasteiger partial charge < -0.3 is 10.1 Å². The molecule has 3 saturated heterocycles. The first-order chi connectivity index (χ1) is 18.9. The van der Waals surface area contributed by atoms with Crippen LogP contribution in [-0.4, -0.2) is 89.8 Å². The van der Waals surface area contributed by atoms with Gasteiger partial charge in [0.15, 0.2) is 0 Å². The van der Waals surface area contributed by atoms with Crippen LogP contribution in [0.2, 0.25) is 0 Å². The van der Waals surface area contributed by atoms with E-state index >= 15 is 4.39 Å². The zero-order valence-corrected chi connectivity index (χ0v) is 21.5. The maximum absolute atomic E-state index is 15.0. The SMILES string of the molecule is O=C1CCC(N2C(=O)c3cccc(NCc4ccc(CN5CC(N6CCOCC6)C5)cc4F)c3C2=O)C(=O)N1. The second-order valence-electron chi connectivity index (χ2n) is 10.5. The maximum atomic E-state index is 15.0. The number of benzene rings is 2. The summed E-state index contributed by atoms with van der Waals surface area (Å²) in [7, 11) is 0. The van der Waals surface area contributed by atoms with Crippen LogP contribution in [0.5, 0.6) is 0 Å². The van der Waals surface area contributed by atoms with Crippen LogP contribution >= 0.6 is 0 Å². The fourth-order valence-electron chi connectivity index (χ4n) is 5.79. The van der Waals surface area contributed by atoms with Gasteiger partial charge in [0, 0.05) is 63.0 Å². The van der Waals surface area contributed by atoms with Gasteiger partial charge in [-0.2, -0.15) is 0 Å². The number of likely N-dealkylation sites (tertiary alicyclic amines) is 1. The zero-order valence-electron chi connectivity index (χ0n) is 21.5. The second kappa shape index (κ2) is 10.5. The normalized spacial score (nSPS) is 22.6. The third-order valence-electron chi connectivity index (χ3n) is 7.96. The van der Waals surface area contributed by atoms with Crippen molar-refractivity contribution in [2.24, 2.45) is 0 Å². The molecule has 204 valence electrons. The molecule has 0 aliphatic carbocycles. The molecule has 4 heterocycles. The van der Waals surface area contributed by atoms with E-state index in [0.29, 0.717) is 23.8 Å². The Kier molecular flexibility index (Phi) is 6.88. The molecule has 11 heteroatoms. The van der Waals surface area contributed by atoms with Gasteiger partial charge in [-0.25, -0.2) is 4.39 Å². The van der Waals surface area contributed by atoms with Gasteiger partial charge in [0.1, 0.15) is 11.9 Å². The highest BCUT2D eigenvalue weighted by Gasteiger charge is 2.45. The minimum absolute atomic E-state index is 0.0520. The molecule has 3 fully saturated rings. The number of rotatable bonds is 7. The van der Waals surface area contributed by atoms with Crippen molar-refractivity contribution in [2.45, 2.75) is 38.0 Å². The molecule has 10 nitrogen and oxygen atoms in total. The number of morpholine rings is 1. The molecule has 2 aromatic rings. The quantitative estimate of drug-likeness (QED) is 0.512. The second-order valence-corrected chi connectivity index (χ2v) is 10.5. The number of ether oxygens (including phenoxy) is 1. The third kappa shape index (κ3) is 4.93. The fourth-order valence-corrected chi connectivity index (χ4v) is 5.79. The van der Waals surface area contributed by atoms with Crippen molar-refractivity contribution >= 4 is 29.3 Å². The summed E-state index contributed by atoms with van der Waals surface area (Å²) in [5, 5.41) is 5.29. The molecule has 6 rings (SSSR count). The monoisotopic (exact) mass is 535 g/mol. The standard InChI is InChI=1S/C28H30FN5O5/c29-21-12-17(14-32-15-19(16-32)33-8-10-39-11-9-33)4-5-18(21)13-30-22-3-1-2-20-25(22)28(38)34(27(20)37)23-6-7-24(35)31-26(23)36/h1-5,12,19,23,30H,6-11,13-16H2,(H,31,35,36). The van der Waals surface area contributed by atoms with E-state index in [1.165, 1.54) is 6.07 Å². The number of imide groups is 2. The summed E-state index contributed by atoms with van der Waals surface area (Å²) in [4.78, 5) is 55.8. The number of halogens is 1. The Morgan fingerprint density at radius 3 is 2.56 bits per heavy atom. The van der Waals surface area contributed by atoms with Crippen LogP contribution in [0.3, 0.4) is 0 Å². The Hall–Kier alpha value is -3.67. The molecular weight excluding hydrogens is 505 g/mol. The predicted molar refractivity (Wildman–Crippen MR) is 138 cm³/mol. The van der Waals surface area contributed by atoms with E-state index in [1.54, 1.807) is 24.3 Å². The van der Waals surface area contributed by atoms with Gasteiger partial charge in [-0.1, -0.05) is 18.2 Å². The highest BCUT2D eigenvalue weighted by Crippen LogP contribution is 2.33. The van der Waals surface area contributed by atoms with Crippen LogP contribution in [0.4, 0.5) is 10.1 Å². The highest BCUT2D eigenvalue weighted by molar-refractivity contribution is 6.25. The lowest BCUT2D eigenvalue weighted by Crippen LogP contribution is -2.60. The first kappa shape index (κ1) is 25.6. The van der Waals surface area contributed by atoms with Crippen molar-refractivity contribution in [1.82, 2.24) is 20.0 Å². The van der Waals surface area contributed by atoms with Gasteiger partial charge in [0.25, 0.3) is 11.8 Å². The fraction of sp³-hybridized carbons (Fsp3) is 0.429. The largest absolute Gasteiger partial charge is 0.380 e. The molecule has 39 heavy (non-hydrogen) atoms. The van der Waals surface area contributed by atoms with Gasteiger partial charge >= 0.3 is 0 Å². The molecule has 4 aliphatic heterocycles. The number of nitrogens with zero attached hydrogens (tertiary/aromatic N) is 3. The lowest BCUT2D eigenvalue weighted by molar-refractivity contribution is -0.136. The minimum Gasteiger partial charge on any atom is -0.380 e. The van der Waals surface area contributed by atoms with E-state index in [2.05, 4.69) is 20.4 Å². The van der Waals surface area contributed by atoms with Crippen molar-refractivity contribution in [1.29, 1.82) is 0 Å². The summed E-state index contributed by atoms with van der Waals surface area (Å²) >= 11 is 0. The van der Waals surface area contributed by atoms with E-state index in [1.807, 2.05) is 6.07 Å². The van der Waals surface area contributed by atoms with Crippen molar-refractivity contribution < 1.29 is 28.3 Å². The van der Waals surface area contributed by atoms with Gasteiger partial charge in [-0.05, 0) is 30.2 Å². The first-order valence-corrected chi connectivity index (χ1v) is 13.3. The Morgan fingerprint density at radius 1 is 1.03 bits per heavy atom. The van der Waals surface area contributed by atoms with Gasteiger partial charge in [-0.3, -0.25) is 39.2 Å². The van der Waals surface area contributed by atoms with E-state index in [9.17, 15) is 19.2 Å². The van der Waals surface area contributed by atoms with Crippen molar-refractivity contribution in [3.63, 3.8) is 0 Å². The Bertz CT molecular complexity index is 1340. The topological polar surface area (TPSA) is 111 Å². The average Bonchev–Trinajstić information content (AvgIpc) is 3.16. The number of carbonyl (C=O) groups excluding carboxylic acids is 4. The molecule has 0 spiro atoms. The lowest BCUT2D eigenvalue weighted by atomic mass is 10.0. The number of amides is 4. The maximum Gasteiger partial charge on any atom is 0.264 e. The number of hydrogen-bond donors (Lipinski definition) is 2. The lowest BCUT2D eigenvalue weighted by Gasteiger charge is -2.46. The zero-order chi connectivity index (χ0) is 27.1. The van der Waals surface area contributed by atoms with Gasteiger partial charge in [-0.15, -0.1) is 0 Å². The summed E-state index contributed by atoms with van der Waals surface area (Å²) in [5.74, 6) is -2.61. The molecule has 4 amide bonds. The van der Waals surface area contributed by atoms with E-state index in [0.717, 1.165) is 49.9 Å². The van der Waals surface area contributed by atoms with Crippen LogP contribution in [0.15, 0.2) is 36.4 Å². The average molecular weight is 536 g/mol. The van der Waals surface area contributed by atoms with E-state index in [-0.39, 0.29) is 36.3 Å². The van der Waals surface area contributed by atoms with Crippen molar-refractivity contribution in [3.05, 3.63) is 64.5 Å². The van der Waals surface area contributed by atoms with Crippen LogP contribution in [0.1, 0.15) is 44.7 Å². The summed E-state index contributed by atoms with van der Waals surface area (Å²) in [6, 6.07) is 9.52. The molecule has 2 N–H and O–H groups in total. The summed E-state index contributed by atoms with van der Waals surface area (Å²) in [5.41, 5.74) is 2.05. The van der Waals surface area contributed by atoms with Gasteiger partial charge in [0.05, 0.1) is 24.3 Å². The minimum atomic E-state index is -1.04. The number of hydrogen-bond acceptors (Lipinski definition) is 8. The Labute approximate surface area is 225 Å². The number of nitrogens with one attached hydrogen (secondary N) is 2. The van der Waals surface area contributed by atoms with E-state index in [4.69, 9.17) is 4.74 Å². The molecule has 0 bridgehead atoms. The van der Waals surface area contributed by atoms with Crippen molar-refractivity contribution in [2.75, 3.05) is 44.7 Å². The smallest absolute Gasteiger partial charge is 0.264 e. The summed E-state index contributed by atoms with van der Waals surface area (Å²) in [6.07, 6.45) is 0.137. The highest BCUT2D eigenvalue weighted by atomic mass is 19.1. The number of anilines is 1. The van der Waals surface area contributed by atoms with Crippen LogP contribution in [-0.2, 0) is 27.4 Å². The van der Waals surface area contributed by atoms with Crippen LogP contribution in [0.25, 0.3) is 0 Å². The molecule has 0 radical (unpaired) electrons. The summed E-state index contributed by atoms with van der Waals surface area (Å²) in [6.45, 7) is 6.23.